The van der Waals surface area contributed by atoms with Gasteiger partial charge in [0.25, 0.3) is 6.43 Å². The highest BCUT2D eigenvalue weighted by Crippen LogP contribution is 2.39. The van der Waals surface area contributed by atoms with Gasteiger partial charge in [-0.1, -0.05) is 6.07 Å². The minimum atomic E-state index is -2.92. The fourth-order valence-electron chi connectivity index (χ4n) is 3.19. The van der Waals surface area contributed by atoms with Crippen molar-refractivity contribution < 1.29 is 27.4 Å². The Morgan fingerprint density at radius 2 is 2.03 bits per heavy atom. The van der Waals surface area contributed by atoms with Crippen LogP contribution in [0.15, 0.2) is 24.5 Å². The SMILES string of the molecule is CC(C)(C)OC(=O)N1C(c2ccc(F)c(-n3ncnc3C(F)F)c2)COC1(C)C. The van der Waals surface area contributed by atoms with Crippen molar-refractivity contribution in [1.29, 1.82) is 0 Å². The molecule has 158 valence electrons. The van der Waals surface area contributed by atoms with E-state index < -0.39 is 41.5 Å². The maximum absolute atomic E-state index is 14.4. The number of hydrogen-bond donors (Lipinski definition) is 0. The first-order valence-corrected chi connectivity index (χ1v) is 9.05. The van der Waals surface area contributed by atoms with E-state index in [2.05, 4.69) is 10.1 Å². The largest absolute Gasteiger partial charge is 0.444 e. The molecule has 3 rings (SSSR count). The second-order valence-electron chi connectivity index (χ2n) is 8.17. The average Bonchev–Trinajstić information content (AvgIpc) is 3.18. The summed E-state index contributed by atoms with van der Waals surface area (Å²) in [7, 11) is 0. The van der Waals surface area contributed by atoms with Gasteiger partial charge >= 0.3 is 6.09 Å². The van der Waals surface area contributed by atoms with Crippen LogP contribution in [0.25, 0.3) is 5.69 Å². The Morgan fingerprint density at radius 1 is 1.34 bits per heavy atom. The second-order valence-corrected chi connectivity index (χ2v) is 8.17. The minimum absolute atomic E-state index is 0.135. The lowest BCUT2D eigenvalue weighted by atomic mass is 10.0. The summed E-state index contributed by atoms with van der Waals surface area (Å²) in [5, 5.41) is 3.72. The summed E-state index contributed by atoms with van der Waals surface area (Å²) >= 11 is 0. The topological polar surface area (TPSA) is 69.5 Å². The fourth-order valence-corrected chi connectivity index (χ4v) is 3.19. The molecule has 1 fully saturated rings. The van der Waals surface area contributed by atoms with Gasteiger partial charge in [0.15, 0.2) is 5.82 Å². The molecule has 1 amide bonds. The number of ether oxygens (including phenoxy) is 2. The van der Waals surface area contributed by atoms with Crippen molar-refractivity contribution in [2.24, 2.45) is 0 Å². The standard InChI is InChI=1S/C19H23F3N4O3/c1-18(2,3)29-17(27)25-14(9-28-19(25,4)5)11-6-7-12(20)13(8-11)26-16(15(21)22)23-10-24-26/h6-8,10,14-15H,9H2,1-5H3. The summed E-state index contributed by atoms with van der Waals surface area (Å²) in [6, 6.07) is 3.38. The molecule has 1 unspecified atom stereocenters. The maximum Gasteiger partial charge on any atom is 0.413 e. The van der Waals surface area contributed by atoms with Gasteiger partial charge in [0.2, 0.25) is 0 Å². The number of amides is 1. The molecule has 1 atom stereocenters. The molecule has 2 heterocycles. The summed E-state index contributed by atoms with van der Waals surface area (Å²) < 4.78 is 52.8. The van der Waals surface area contributed by atoms with Crippen LogP contribution >= 0.6 is 0 Å². The van der Waals surface area contributed by atoms with E-state index in [0.29, 0.717) is 5.56 Å². The number of carbonyl (C=O) groups excluding carboxylic acids is 1. The van der Waals surface area contributed by atoms with Gasteiger partial charge in [0.1, 0.15) is 29.2 Å². The van der Waals surface area contributed by atoms with E-state index in [0.717, 1.165) is 17.1 Å². The Labute approximate surface area is 166 Å². The predicted molar refractivity (Wildman–Crippen MR) is 97.1 cm³/mol. The van der Waals surface area contributed by atoms with E-state index >= 15 is 0 Å². The molecule has 0 aliphatic carbocycles. The molecule has 7 nitrogen and oxygen atoms in total. The van der Waals surface area contributed by atoms with Crippen LogP contribution in [0.1, 0.15) is 58.5 Å². The smallest absolute Gasteiger partial charge is 0.413 e. The molecular formula is C19H23F3N4O3. The monoisotopic (exact) mass is 412 g/mol. The number of rotatable bonds is 3. The number of carbonyl (C=O) groups is 1. The third kappa shape index (κ3) is 4.21. The van der Waals surface area contributed by atoms with Crippen molar-refractivity contribution >= 4 is 6.09 Å². The van der Waals surface area contributed by atoms with Gasteiger partial charge in [0.05, 0.1) is 12.6 Å². The molecule has 0 spiro atoms. The number of hydrogen-bond acceptors (Lipinski definition) is 5. The highest BCUT2D eigenvalue weighted by atomic mass is 19.3. The quantitative estimate of drug-likeness (QED) is 0.748. The number of halogens is 3. The second kappa shape index (κ2) is 7.33. The van der Waals surface area contributed by atoms with Gasteiger partial charge in [-0.3, -0.25) is 4.90 Å². The zero-order chi connectivity index (χ0) is 21.6. The molecule has 1 aliphatic rings. The highest BCUT2D eigenvalue weighted by molar-refractivity contribution is 5.70. The van der Waals surface area contributed by atoms with Crippen molar-refractivity contribution in [3.8, 4) is 5.69 Å². The Balaban J connectivity index is 2.01. The predicted octanol–water partition coefficient (Wildman–Crippen LogP) is 4.39. The first kappa shape index (κ1) is 21.1. The van der Waals surface area contributed by atoms with Crippen LogP contribution in [-0.2, 0) is 9.47 Å². The van der Waals surface area contributed by atoms with Crippen LogP contribution < -0.4 is 0 Å². The molecule has 1 aromatic carbocycles. The molecule has 0 saturated carbocycles. The zero-order valence-corrected chi connectivity index (χ0v) is 16.8. The summed E-state index contributed by atoms with van der Waals surface area (Å²) in [6.45, 7) is 8.81. The molecule has 10 heteroatoms. The molecule has 2 aromatic rings. The van der Waals surface area contributed by atoms with Crippen LogP contribution in [0.5, 0.6) is 0 Å². The molecule has 0 N–H and O–H groups in total. The molecule has 0 radical (unpaired) electrons. The lowest BCUT2D eigenvalue weighted by Crippen LogP contribution is -2.47. The third-order valence-electron chi connectivity index (χ3n) is 4.43. The average molecular weight is 412 g/mol. The van der Waals surface area contributed by atoms with Crippen molar-refractivity contribution in [1.82, 2.24) is 19.7 Å². The lowest BCUT2D eigenvalue weighted by molar-refractivity contribution is -0.0626. The van der Waals surface area contributed by atoms with Crippen molar-refractivity contribution in [2.75, 3.05) is 6.61 Å². The summed E-state index contributed by atoms with van der Waals surface area (Å²) in [5.74, 6) is -1.42. The zero-order valence-electron chi connectivity index (χ0n) is 16.8. The van der Waals surface area contributed by atoms with E-state index in [1.807, 2.05) is 0 Å². The Kier molecular flexibility index (Phi) is 5.33. The Hall–Kier alpha value is -2.62. The summed E-state index contributed by atoms with van der Waals surface area (Å²) in [5.41, 5.74) is -1.39. The molecular weight excluding hydrogens is 389 g/mol. The molecule has 29 heavy (non-hydrogen) atoms. The van der Waals surface area contributed by atoms with Crippen molar-refractivity contribution in [3.05, 3.63) is 41.7 Å². The van der Waals surface area contributed by atoms with Crippen LogP contribution in [-0.4, -0.2) is 43.7 Å². The summed E-state index contributed by atoms with van der Waals surface area (Å²) in [4.78, 5) is 17.7. The molecule has 1 aromatic heterocycles. The van der Waals surface area contributed by atoms with Gasteiger partial charge in [-0.15, -0.1) is 0 Å². The van der Waals surface area contributed by atoms with Gasteiger partial charge in [-0.05, 0) is 52.3 Å². The number of benzene rings is 1. The van der Waals surface area contributed by atoms with Crippen LogP contribution in [0.2, 0.25) is 0 Å². The Bertz CT molecular complexity index is 908. The van der Waals surface area contributed by atoms with E-state index in [9.17, 15) is 18.0 Å². The maximum atomic E-state index is 14.4. The first-order valence-electron chi connectivity index (χ1n) is 9.05. The van der Waals surface area contributed by atoms with E-state index in [1.165, 1.54) is 17.0 Å². The normalized spacial score (nSPS) is 19.1. The third-order valence-corrected chi connectivity index (χ3v) is 4.43. The van der Waals surface area contributed by atoms with Gasteiger partial charge < -0.3 is 9.47 Å². The number of aromatic nitrogens is 3. The molecule has 1 aliphatic heterocycles. The minimum Gasteiger partial charge on any atom is -0.444 e. The lowest BCUT2D eigenvalue weighted by Gasteiger charge is -2.35. The number of alkyl halides is 2. The fraction of sp³-hybridized carbons (Fsp3) is 0.526. The van der Waals surface area contributed by atoms with E-state index in [-0.39, 0.29) is 12.3 Å². The molecule has 1 saturated heterocycles. The van der Waals surface area contributed by atoms with Crippen molar-refractivity contribution in [3.63, 3.8) is 0 Å². The van der Waals surface area contributed by atoms with Crippen LogP contribution in [0, 0.1) is 5.82 Å². The van der Waals surface area contributed by atoms with Gasteiger partial charge in [-0.25, -0.2) is 27.6 Å². The first-order chi connectivity index (χ1) is 13.4. The summed E-state index contributed by atoms with van der Waals surface area (Å²) in [6.07, 6.45) is -2.58. The van der Waals surface area contributed by atoms with Crippen LogP contribution in [0.3, 0.4) is 0 Å². The number of nitrogens with zero attached hydrogens (tertiary/aromatic N) is 4. The van der Waals surface area contributed by atoms with Gasteiger partial charge in [0, 0.05) is 0 Å². The van der Waals surface area contributed by atoms with E-state index in [1.54, 1.807) is 34.6 Å². The van der Waals surface area contributed by atoms with Gasteiger partial charge in [-0.2, -0.15) is 5.10 Å². The molecule has 0 bridgehead atoms. The van der Waals surface area contributed by atoms with Crippen molar-refractivity contribution in [2.45, 2.75) is 58.4 Å². The van der Waals surface area contributed by atoms with Crippen LogP contribution in [0.4, 0.5) is 18.0 Å². The highest BCUT2D eigenvalue weighted by Gasteiger charge is 2.46. The Morgan fingerprint density at radius 3 is 2.66 bits per heavy atom. The van der Waals surface area contributed by atoms with E-state index in [4.69, 9.17) is 9.47 Å².